The molecule has 152 valence electrons. The second-order valence-electron chi connectivity index (χ2n) is 8.45. The van der Waals surface area contributed by atoms with Crippen LogP contribution in [0.5, 0.6) is 0 Å². The summed E-state index contributed by atoms with van der Waals surface area (Å²) in [5, 5.41) is 15.2. The van der Waals surface area contributed by atoms with Crippen LogP contribution in [0.4, 0.5) is 17.5 Å². The second-order valence-corrected chi connectivity index (χ2v) is 8.45. The van der Waals surface area contributed by atoms with Crippen molar-refractivity contribution in [3.8, 4) is 0 Å². The summed E-state index contributed by atoms with van der Waals surface area (Å²) in [5.74, 6) is 3.22. The Bertz CT molecular complexity index is 976. The highest BCUT2D eigenvalue weighted by atomic mass is 15.3. The lowest BCUT2D eigenvalue weighted by Gasteiger charge is -2.38. The summed E-state index contributed by atoms with van der Waals surface area (Å²) in [6.07, 6.45) is 7.04. The summed E-state index contributed by atoms with van der Waals surface area (Å²) >= 11 is 0. The first-order valence-electron chi connectivity index (χ1n) is 10.8. The predicted octanol–water partition coefficient (Wildman–Crippen LogP) is 3.62. The number of nitrogens with zero attached hydrogens (tertiary/aromatic N) is 4. The molecule has 2 atom stereocenters. The molecule has 2 aliphatic heterocycles. The van der Waals surface area contributed by atoms with Gasteiger partial charge in [0.25, 0.3) is 0 Å². The third-order valence-corrected chi connectivity index (χ3v) is 6.30. The number of hydrogen-bond acceptors (Lipinski definition) is 6. The van der Waals surface area contributed by atoms with E-state index in [-0.39, 0.29) is 0 Å². The fourth-order valence-electron chi connectivity index (χ4n) is 4.78. The highest BCUT2D eigenvalue weighted by molar-refractivity contribution is 5.82. The third-order valence-electron chi connectivity index (χ3n) is 6.30. The van der Waals surface area contributed by atoms with E-state index >= 15 is 0 Å². The number of nitrogens with one attached hydrogen (secondary N) is 3. The van der Waals surface area contributed by atoms with Crippen LogP contribution in [0.3, 0.4) is 0 Å². The number of piperidine rings is 2. The molecule has 2 aliphatic rings. The minimum atomic E-state index is 0.737. The van der Waals surface area contributed by atoms with E-state index in [2.05, 4.69) is 31.8 Å². The van der Waals surface area contributed by atoms with Crippen molar-refractivity contribution in [3.05, 3.63) is 36.2 Å². The molecule has 4 heterocycles. The average Bonchev–Trinajstić information content (AvgIpc) is 3.22. The van der Waals surface area contributed by atoms with E-state index in [9.17, 15) is 0 Å². The zero-order valence-corrected chi connectivity index (χ0v) is 17.0. The second kappa shape index (κ2) is 7.99. The van der Waals surface area contributed by atoms with Crippen molar-refractivity contribution in [1.82, 2.24) is 25.5 Å². The lowest BCUT2D eigenvalue weighted by Crippen LogP contribution is -2.43. The summed E-state index contributed by atoms with van der Waals surface area (Å²) in [6.45, 7) is 6.49. The van der Waals surface area contributed by atoms with Gasteiger partial charge in [0.15, 0.2) is 0 Å². The van der Waals surface area contributed by atoms with Crippen molar-refractivity contribution in [2.45, 2.75) is 32.6 Å². The van der Waals surface area contributed by atoms with Gasteiger partial charge in [0.2, 0.25) is 5.95 Å². The Kier molecular flexibility index (Phi) is 5.06. The Labute approximate surface area is 171 Å². The maximum absolute atomic E-state index is 4.86. The van der Waals surface area contributed by atoms with Gasteiger partial charge in [-0.1, -0.05) is 0 Å². The van der Waals surface area contributed by atoms with Crippen LogP contribution in [0.1, 0.15) is 31.4 Å². The van der Waals surface area contributed by atoms with Crippen LogP contribution in [-0.4, -0.2) is 46.3 Å². The number of benzene rings is 1. The Morgan fingerprint density at radius 3 is 2.93 bits per heavy atom. The van der Waals surface area contributed by atoms with E-state index in [1.165, 1.54) is 32.2 Å². The molecule has 29 heavy (non-hydrogen) atoms. The van der Waals surface area contributed by atoms with Crippen molar-refractivity contribution in [3.63, 3.8) is 0 Å². The maximum Gasteiger partial charge on any atom is 0.227 e. The summed E-state index contributed by atoms with van der Waals surface area (Å²) in [7, 11) is 0. The minimum absolute atomic E-state index is 0.737. The third kappa shape index (κ3) is 4.05. The first-order valence-corrected chi connectivity index (χ1v) is 10.8. The number of aromatic nitrogens is 4. The van der Waals surface area contributed by atoms with Gasteiger partial charge in [-0.2, -0.15) is 10.1 Å². The Hall–Kier alpha value is -2.67. The van der Waals surface area contributed by atoms with E-state index < -0.39 is 0 Å². The van der Waals surface area contributed by atoms with Gasteiger partial charge in [0, 0.05) is 35.9 Å². The van der Waals surface area contributed by atoms with Crippen LogP contribution >= 0.6 is 0 Å². The van der Waals surface area contributed by atoms with Crippen LogP contribution in [0.25, 0.3) is 10.9 Å². The van der Waals surface area contributed by atoms with Crippen LogP contribution in [0.2, 0.25) is 0 Å². The molecule has 3 aromatic rings. The van der Waals surface area contributed by atoms with Gasteiger partial charge < -0.3 is 15.5 Å². The van der Waals surface area contributed by atoms with Crippen molar-refractivity contribution in [2.24, 2.45) is 11.8 Å². The van der Waals surface area contributed by atoms with Crippen LogP contribution in [0.15, 0.2) is 30.5 Å². The van der Waals surface area contributed by atoms with Gasteiger partial charge in [-0.15, -0.1) is 0 Å². The fourth-order valence-corrected chi connectivity index (χ4v) is 4.78. The number of anilines is 3. The number of aryl methyl sites for hydroxylation is 1. The van der Waals surface area contributed by atoms with E-state index in [1.807, 2.05) is 31.3 Å². The average molecular weight is 392 g/mol. The molecular weight excluding hydrogens is 362 g/mol. The first-order chi connectivity index (χ1) is 14.2. The van der Waals surface area contributed by atoms with Gasteiger partial charge in [-0.3, -0.25) is 5.10 Å². The Balaban J connectivity index is 1.34. The Morgan fingerprint density at radius 2 is 2.03 bits per heavy atom. The molecular formula is C22H29N7. The quantitative estimate of drug-likeness (QED) is 0.630. The van der Waals surface area contributed by atoms with E-state index in [1.54, 1.807) is 0 Å². The molecule has 0 radical (unpaired) electrons. The largest absolute Gasteiger partial charge is 0.340 e. The van der Waals surface area contributed by atoms with Gasteiger partial charge in [-0.25, -0.2) is 4.98 Å². The molecule has 0 saturated carbocycles. The molecule has 0 spiro atoms. The first kappa shape index (κ1) is 18.4. The summed E-state index contributed by atoms with van der Waals surface area (Å²) < 4.78 is 0. The summed E-state index contributed by atoms with van der Waals surface area (Å²) in [4.78, 5) is 12.0. The van der Waals surface area contributed by atoms with E-state index in [0.29, 0.717) is 0 Å². The minimum Gasteiger partial charge on any atom is -0.340 e. The number of hydrogen-bond donors (Lipinski definition) is 3. The molecule has 0 amide bonds. The highest BCUT2D eigenvalue weighted by Gasteiger charge is 2.29. The predicted molar refractivity (Wildman–Crippen MR) is 117 cm³/mol. The molecule has 1 aromatic carbocycles. The molecule has 3 N–H and O–H groups in total. The van der Waals surface area contributed by atoms with Crippen molar-refractivity contribution in [1.29, 1.82) is 0 Å². The van der Waals surface area contributed by atoms with Crippen molar-refractivity contribution >= 4 is 28.4 Å². The number of H-pyrrole nitrogens is 1. The van der Waals surface area contributed by atoms with Crippen LogP contribution in [-0.2, 0) is 0 Å². The molecule has 2 unspecified atom stereocenters. The monoisotopic (exact) mass is 391 g/mol. The standard InChI is InChI=1S/C22H29N7/c1-15-10-21(26-19-6-7-20-18(11-19)13-24-28-20)27-22(25-15)29-9-3-5-17(14-29)16-4-2-8-23-12-16/h6-7,10-11,13,16-17,23H,2-5,8-9,12,14H2,1H3,(H,24,28)(H,25,26,27). The summed E-state index contributed by atoms with van der Waals surface area (Å²) in [6, 6.07) is 8.18. The lowest BCUT2D eigenvalue weighted by atomic mass is 9.81. The number of fused-ring (bicyclic) bond motifs is 1. The number of aromatic amines is 1. The Morgan fingerprint density at radius 1 is 1.10 bits per heavy atom. The normalized spacial score (nSPS) is 22.7. The molecule has 7 heteroatoms. The molecule has 2 aromatic heterocycles. The molecule has 7 nitrogen and oxygen atoms in total. The molecule has 2 saturated heterocycles. The van der Waals surface area contributed by atoms with E-state index in [0.717, 1.165) is 65.5 Å². The SMILES string of the molecule is Cc1cc(Nc2ccc3[nH]ncc3c2)nc(N2CCCC(C3CCCNC3)C2)n1. The molecule has 0 bridgehead atoms. The van der Waals surface area contributed by atoms with Crippen molar-refractivity contribution in [2.75, 3.05) is 36.4 Å². The topological polar surface area (TPSA) is 81.8 Å². The van der Waals surface area contributed by atoms with Gasteiger partial charge >= 0.3 is 0 Å². The highest BCUT2D eigenvalue weighted by Crippen LogP contribution is 2.30. The van der Waals surface area contributed by atoms with Crippen molar-refractivity contribution < 1.29 is 0 Å². The molecule has 0 aliphatic carbocycles. The lowest BCUT2D eigenvalue weighted by molar-refractivity contribution is 0.233. The van der Waals surface area contributed by atoms with E-state index in [4.69, 9.17) is 9.97 Å². The maximum atomic E-state index is 4.86. The summed E-state index contributed by atoms with van der Waals surface area (Å²) in [5.41, 5.74) is 3.03. The smallest absolute Gasteiger partial charge is 0.227 e. The molecule has 5 rings (SSSR count). The zero-order valence-electron chi connectivity index (χ0n) is 17.0. The van der Waals surface area contributed by atoms with Gasteiger partial charge in [0.1, 0.15) is 5.82 Å². The zero-order chi connectivity index (χ0) is 19.6. The number of rotatable bonds is 4. The fraction of sp³-hybridized carbons (Fsp3) is 0.500. The molecule has 2 fully saturated rings. The van der Waals surface area contributed by atoms with Gasteiger partial charge in [0.05, 0.1) is 11.7 Å². The van der Waals surface area contributed by atoms with Gasteiger partial charge in [-0.05, 0) is 75.7 Å². The van der Waals surface area contributed by atoms with Crippen LogP contribution < -0.4 is 15.5 Å². The van der Waals surface area contributed by atoms with Crippen LogP contribution in [0, 0.1) is 18.8 Å².